The molecule has 2 heterocycles. The lowest BCUT2D eigenvalue weighted by molar-refractivity contribution is 0.455. The fourth-order valence-corrected chi connectivity index (χ4v) is 3.40. The van der Waals surface area contributed by atoms with Gasteiger partial charge < -0.3 is 15.2 Å². The van der Waals surface area contributed by atoms with Crippen molar-refractivity contribution in [2.75, 3.05) is 24.6 Å². The third-order valence-electron chi connectivity index (χ3n) is 3.78. The van der Waals surface area contributed by atoms with Crippen molar-refractivity contribution >= 4 is 41.7 Å². The number of benzene rings is 1. The Morgan fingerprint density at radius 3 is 2.65 bits per heavy atom. The van der Waals surface area contributed by atoms with Crippen LogP contribution in [0.3, 0.4) is 0 Å². The van der Waals surface area contributed by atoms with Crippen molar-refractivity contribution < 1.29 is 0 Å². The van der Waals surface area contributed by atoms with E-state index >= 15 is 0 Å². The Bertz CT molecular complexity index is 623. The van der Waals surface area contributed by atoms with Crippen LogP contribution < -0.4 is 5.73 Å². The van der Waals surface area contributed by atoms with Gasteiger partial charge in [-0.25, -0.2) is 9.98 Å². The molecule has 0 aliphatic carbocycles. The van der Waals surface area contributed by atoms with Gasteiger partial charge in [-0.15, -0.1) is 24.0 Å². The van der Waals surface area contributed by atoms with Crippen LogP contribution in [-0.2, 0) is 13.1 Å². The average Bonchev–Trinajstić information content (AvgIpc) is 3.07. The molecule has 0 saturated carbocycles. The summed E-state index contributed by atoms with van der Waals surface area (Å²) >= 11 is 1.97. The minimum Gasteiger partial charge on any atom is -0.370 e. The third kappa shape index (κ3) is 5.13. The molecule has 1 aromatic carbocycles. The topological polar surface area (TPSA) is 59.4 Å². The minimum absolute atomic E-state index is 0. The molecule has 1 aliphatic heterocycles. The summed E-state index contributed by atoms with van der Waals surface area (Å²) in [6.45, 7) is 3.43. The van der Waals surface area contributed by atoms with Gasteiger partial charge in [-0.05, 0) is 11.1 Å². The molecule has 0 atom stereocenters. The van der Waals surface area contributed by atoms with Gasteiger partial charge in [0.15, 0.2) is 5.96 Å². The summed E-state index contributed by atoms with van der Waals surface area (Å²) in [7, 11) is 0. The molecule has 0 spiro atoms. The van der Waals surface area contributed by atoms with E-state index in [2.05, 4.69) is 43.7 Å². The molecule has 3 rings (SSSR count). The van der Waals surface area contributed by atoms with Crippen LogP contribution in [0.1, 0.15) is 11.1 Å². The fraction of sp³-hybridized carbons (Fsp3) is 0.375. The fourth-order valence-electron chi connectivity index (χ4n) is 2.50. The van der Waals surface area contributed by atoms with E-state index in [0.29, 0.717) is 12.5 Å². The van der Waals surface area contributed by atoms with Gasteiger partial charge in [-0.2, -0.15) is 11.8 Å². The molecule has 2 aromatic rings. The van der Waals surface area contributed by atoms with Crippen LogP contribution in [0.5, 0.6) is 0 Å². The molecule has 1 saturated heterocycles. The molecule has 7 heteroatoms. The van der Waals surface area contributed by atoms with Crippen molar-refractivity contribution in [3.05, 3.63) is 54.1 Å². The van der Waals surface area contributed by atoms with Crippen molar-refractivity contribution in [1.29, 1.82) is 0 Å². The largest absolute Gasteiger partial charge is 0.370 e. The highest BCUT2D eigenvalue weighted by molar-refractivity contribution is 14.0. The summed E-state index contributed by atoms with van der Waals surface area (Å²) in [6.07, 6.45) is 5.60. The molecule has 124 valence electrons. The van der Waals surface area contributed by atoms with Crippen LogP contribution in [0, 0.1) is 0 Å². The Kier molecular flexibility index (Phi) is 7.22. The quantitative estimate of drug-likeness (QED) is 0.448. The Balaban J connectivity index is 0.00000192. The zero-order valence-corrected chi connectivity index (χ0v) is 16.1. The van der Waals surface area contributed by atoms with Crippen LogP contribution in [0.4, 0.5) is 0 Å². The summed E-state index contributed by atoms with van der Waals surface area (Å²) < 4.78 is 2.06. The van der Waals surface area contributed by atoms with Crippen LogP contribution in [0.25, 0.3) is 0 Å². The molecule has 1 fully saturated rings. The van der Waals surface area contributed by atoms with E-state index in [1.807, 2.05) is 24.3 Å². The molecule has 0 radical (unpaired) electrons. The standard InChI is InChI=1S/C16H21N5S.HI/c17-16(21-7-9-22-10-8-21)19-11-14-3-1-2-4-15(14)12-20-6-5-18-13-20;/h1-6,13H,7-12H2,(H2,17,19);1H. The van der Waals surface area contributed by atoms with Crippen LogP contribution >= 0.6 is 35.7 Å². The first-order chi connectivity index (χ1) is 10.8. The molecule has 5 nitrogen and oxygen atoms in total. The molecular weight excluding hydrogens is 421 g/mol. The van der Waals surface area contributed by atoms with Crippen molar-refractivity contribution in [3.8, 4) is 0 Å². The maximum Gasteiger partial charge on any atom is 0.191 e. The highest BCUT2D eigenvalue weighted by atomic mass is 127. The molecule has 0 bridgehead atoms. The highest BCUT2D eigenvalue weighted by Crippen LogP contribution is 2.13. The van der Waals surface area contributed by atoms with E-state index in [1.165, 1.54) is 11.1 Å². The lowest BCUT2D eigenvalue weighted by atomic mass is 10.1. The number of halogens is 1. The molecule has 0 unspecified atom stereocenters. The Labute approximate surface area is 158 Å². The van der Waals surface area contributed by atoms with E-state index in [4.69, 9.17) is 5.73 Å². The lowest BCUT2D eigenvalue weighted by Gasteiger charge is -2.27. The summed E-state index contributed by atoms with van der Waals surface area (Å²) in [6, 6.07) is 8.37. The number of guanidine groups is 1. The van der Waals surface area contributed by atoms with Crippen LogP contribution in [0.2, 0.25) is 0 Å². The predicted octanol–water partition coefficient (Wildman–Crippen LogP) is 2.41. The number of rotatable bonds is 4. The number of aromatic nitrogens is 2. The van der Waals surface area contributed by atoms with Gasteiger partial charge in [0.1, 0.15) is 0 Å². The highest BCUT2D eigenvalue weighted by Gasteiger charge is 2.12. The summed E-state index contributed by atoms with van der Waals surface area (Å²) in [4.78, 5) is 10.9. The summed E-state index contributed by atoms with van der Waals surface area (Å²) in [5.41, 5.74) is 8.60. The number of nitrogens with two attached hydrogens (primary N) is 1. The van der Waals surface area contributed by atoms with E-state index in [9.17, 15) is 0 Å². The van der Waals surface area contributed by atoms with Gasteiger partial charge in [-0.3, -0.25) is 0 Å². The molecule has 1 aromatic heterocycles. The maximum atomic E-state index is 6.13. The van der Waals surface area contributed by atoms with Crippen LogP contribution in [-0.4, -0.2) is 45.0 Å². The predicted molar refractivity (Wildman–Crippen MR) is 107 cm³/mol. The molecule has 1 aliphatic rings. The van der Waals surface area contributed by atoms with Gasteiger partial charge in [0, 0.05) is 43.5 Å². The second-order valence-electron chi connectivity index (χ2n) is 5.28. The molecular formula is C16H22IN5S. The Morgan fingerprint density at radius 1 is 1.22 bits per heavy atom. The number of thioether (sulfide) groups is 1. The normalized spacial score (nSPS) is 15.3. The summed E-state index contributed by atoms with van der Waals surface area (Å²) in [5.74, 6) is 2.93. The van der Waals surface area contributed by atoms with Gasteiger partial charge in [0.05, 0.1) is 12.9 Å². The summed E-state index contributed by atoms with van der Waals surface area (Å²) in [5, 5.41) is 0. The molecule has 2 N–H and O–H groups in total. The first kappa shape index (κ1) is 18.1. The van der Waals surface area contributed by atoms with E-state index in [-0.39, 0.29) is 24.0 Å². The minimum atomic E-state index is 0. The van der Waals surface area contributed by atoms with Gasteiger partial charge in [-0.1, -0.05) is 24.3 Å². The Hall–Kier alpha value is -1.22. The number of hydrogen-bond acceptors (Lipinski definition) is 3. The third-order valence-corrected chi connectivity index (χ3v) is 4.72. The van der Waals surface area contributed by atoms with Gasteiger partial charge in [0.25, 0.3) is 0 Å². The Morgan fingerprint density at radius 2 is 1.96 bits per heavy atom. The van der Waals surface area contributed by atoms with E-state index in [1.54, 1.807) is 6.20 Å². The van der Waals surface area contributed by atoms with E-state index in [0.717, 1.165) is 31.1 Å². The van der Waals surface area contributed by atoms with Gasteiger partial charge >= 0.3 is 0 Å². The number of imidazole rings is 1. The average molecular weight is 443 g/mol. The van der Waals surface area contributed by atoms with Crippen molar-refractivity contribution in [3.63, 3.8) is 0 Å². The lowest BCUT2D eigenvalue weighted by Crippen LogP contribution is -2.42. The number of nitrogens with zero attached hydrogens (tertiary/aromatic N) is 4. The maximum absolute atomic E-state index is 6.13. The molecule has 0 amide bonds. The first-order valence-electron chi connectivity index (χ1n) is 7.48. The number of hydrogen-bond donors (Lipinski definition) is 1. The van der Waals surface area contributed by atoms with Crippen molar-refractivity contribution in [2.24, 2.45) is 10.7 Å². The smallest absolute Gasteiger partial charge is 0.191 e. The number of aliphatic imine (C=N–C) groups is 1. The SMILES string of the molecule is I.NC(=NCc1ccccc1Cn1ccnc1)N1CCSCC1. The second kappa shape index (κ2) is 9.17. The second-order valence-corrected chi connectivity index (χ2v) is 6.50. The zero-order valence-electron chi connectivity index (χ0n) is 13.0. The molecule has 23 heavy (non-hydrogen) atoms. The first-order valence-corrected chi connectivity index (χ1v) is 8.63. The zero-order chi connectivity index (χ0) is 15.2. The van der Waals surface area contributed by atoms with Crippen LogP contribution in [0.15, 0.2) is 48.0 Å². The van der Waals surface area contributed by atoms with Gasteiger partial charge in [0.2, 0.25) is 0 Å². The van der Waals surface area contributed by atoms with Crippen molar-refractivity contribution in [1.82, 2.24) is 14.5 Å². The monoisotopic (exact) mass is 443 g/mol. The van der Waals surface area contributed by atoms with Crippen molar-refractivity contribution in [2.45, 2.75) is 13.1 Å². The van der Waals surface area contributed by atoms with E-state index < -0.39 is 0 Å².